The van der Waals surface area contributed by atoms with Crippen molar-refractivity contribution < 1.29 is 9.59 Å². The van der Waals surface area contributed by atoms with Crippen molar-refractivity contribution in [3.05, 3.63) is 29.1 Å². The molecule has 2 atom stereocenters. The first-order chi connectivity index (χ1) is 12.1. The molecule has 3 heterocycles. The van der Waals surface area contributed by atoms with Gasteiger partial charge in [0, 0.05) is 42.7 Å². The summed E-state index contributed by atoms with van der Waals surface area (Å²) in [5, 5.41) is 3.58. The Kier molecular flexibility index (Phi) is 3.98. The molecule has 2 aliphatic heterocycles. The lowest BCUT2D eigenvalue weighted by Crippen LogP contribution is -2.49. The van der Waals surface area contributed by atoms with E-state index in [0.29, 0.717) is 24.1 Å². The second kappa shape index (κ2) is 6.17. The number of carbonyl (C=O) groups excluding carboxylic acids is 2. The number of anilines is 1. The predicted octanol–water partition coefficient (Wildman–Crippen LogP) is 2.09. The normalized spacial score (nSPS) is 26.6. The van der Waals surface area contributed by atoms with Gasteiger partial charge in [0.15, 0.2) is 0 Å². The van der Waals surface area contributed by atoms with Gasteiger partial charge in [-0.15, -0.1) is 0 Å². The zero-order chi connectivity index (χ0) is 17.6. The Hall–Kier alpha value is -2.37. The highest BCUT2D eigenvalue weighted by Crippen LogP contribution is 2.38. The van der Waals surface area contributed by atoms with Crippen LogP contribution in [0.4, 0.5) is 5.69 Å². The molecule has 0 spiro atoms. The van der Waals surface area contributed by atoms with Gasteiger partial charge in [-0.1, -0.05) is 19.1 Å². The van der Waals surface area contributed by atoms with Gasteiger partial charge in [-0.2, -0.15) is 0 Å². The van der Waals surface area contributed by atoms with E-state index in [9.17, 15) is 9.59 Å². The number of nitrogens with one attached hydrogen (secondary N) is 1. The first-order valence-electron chi connectivity index (χ1n) is 9.14. The number of fused-ring (bicyclic) bond motifs is 3. The number of amides is 2. The van der Waals surface area contributed by atoms with Gasteiger partial charge in [0.1, 0.15) is 0 Å². The van der Waals surface area contributed by atoms with E-state index in [0.717, 1.165) is 49.0 Å². The molecule has 1 aromatic heterocycles. The van der Waals surface area contributed by atoms with E-state index in [1.165, 1.54) is 0 Å². The number of allylic oxidation sites excluding steroid dienone is 1. The minimum Gasteiger partial charge on any atom is -0.381 e. The fourth-order valence-electron chi connectivity index (χ4n) is 4.63. The average molecular weight is 340 g/mol. The zero-order valence-electron chi connectivity index (χ0n) is 14.5. The Bertz CT molecular complexity index is 744. The van der Waals surface area contributed by atoms with E-state index in [2.05, 4.69) is 21.3 Å². The Morgan fingerprint density at radius 3 is 2.68 bits per heavy atom. The highest BCUT2D eigenvalue weighted by molar-refractivity contribution is 6.00. The number of hydrogen-bond donors (Lipinski definition) is 2. The van der Waals surface area contributed by atoms with Crippen LogP contribution in [0.15, 0.2) is 12.3 Å². The van der Waals surface area contributed by atoms with Gasteiger partial charge in [0.2, 0.25) is 5.91 Å². The van der Waals surface area contributed by atoms with Crippen molar-refractivity contribution in [2.24, 2.45) is 5.73 Å². The van der Waals surface area contributed by atoms with E-state index >= 15 is 0 Å². The van der Waals surface area contributed by atoms with Crippen molar-refractivity contribution in [3.8, 4) is 0 Å². The Morgan fingerprint density at radius 2 is 2.04 bits per heavy atom. The summed E-state index contributed by atoms with van der Waals surface area (Å²) in [4.78, 5) is 30.5. The molecule has 3 N–H and O–H groups in total. The molecule has 4 rings (SSSR count). The molecule has 132 valence electrons. The maximum absolute atomic E-state index is 12.2. The summed E-state index contributed by atoms with van der Waals surface area (Å²) in [5.41, 5.74) is 8.79. The molecule has 3 aliphatic rings. The second-order valence-corrected chi connectivity index (χ2v) is 7.23. The summed E-state index contributed by atoms with van der Waals surface area (Å²) in [6.45, 7) is 1.93. The standard InChI is InChI=1S/C19H24N4O2/c1-2-17(24)23-12-6-7-13(23)9-11(8-12)22-18-14-4-3-5-16(14)21-10-15(18)19(20)25/h3-4,10-13H,2,5-9H2,1H3,(H2,20,25)(H,21,22)/t12-,13-/m0/s1. The number of rotatable bonds is 4. The third kappa shape index (κ3) is 2.69. The van der Waals surface area contributed by atoms with Gasteiger partial charge in [0.05, 0.1) is 16.9 Å². The van der Waals surface area contributed by atoms with Crippen LogP contribution in [0.2, 0.25) is 0 Å². The number of aromatic nitrogens is 1. The van der Waals surface area contributed by atoms with Gasteiger partial charge < -0.3 is 16.0 Å². The molecule has 2 amide bonds. The number of piperidine rings is 1. The molecule has 25 heavy (non-hydrogen) atoms. The predicted molar refractivity (Wildman–Crippen MR) is 96.1 cm³/mol. The van der Waals surface area contributed by atoms with Crippen molar-refractivity contribution in [3.63, 3.8) is 0 Å². The minimum atomic E-state index is -0.459. The molecular weight excluding hydrogens is 316 g/mol. The van der Waals surface area contributed by atoms with E-state index < -0.39 is 5.91 Å². The van der Waals surface area contributed by atoms with E-state index in [4.69, 9.17) is 5.73 Å². The number of nitrogens with two attached hydrogens (primary N) is 1. The molecule has 2 fully saturated rings. The van der Waals surface area contributed by atoms with Crippen LogP contribution in [0, 0.1) is 0 Å². The van der Waals surface area contributed by atoms with Gasteiger partial charge in [-0.25, -0.2) is 0 Å². The van der Waals surface area contributed by atoms with Gasteiger partial charge >= 0.3 is 0 Å². The third-order valence-corrected chi connectivity index (χ3v) is 5.73. The number of primary amides is 1. The quantitative estimate of drug-likeness (QED) is 0.878. The van der Waals surface area contributed by atoms with Crippen LogP contribution in [0.3, 0.4) is 0 Å². The molecule has 2 bridgehead atoms. The summed E-state index contributed by atoms with van der Waals surface area (Å²) in [5.74, 6) is -0.198. The van der Waals surface area contributed by atoms with Crippen LogP contribution in [0.25, 0.3) is 6.08 Å². The molecule has 0 radical (unpaired) electrons. The SMILES string of the molecule is CCC(=O)N1[C@H]2CC[C@H]1CC(Nc1c(C(N)=O)cnc3c1C=CC3)C2. The van der Waals surface area contributed by atoms with E-state index in [1.54, 1.807) is 6.20 Å². The zero-order valence-corrected chi connectivity index (χ0v) is 14.5. The molecule has 1 aromatic rings. The van der Waals surface area contributed by atoms with Gasteiger partial charge in [0.25, 0.3) is 5.91 Å². The molecule has 6 nitrogen and oxygen atoms in total. The molecule has 2 saturated heterocycles. The minimum absolute atomic E-state index is 0.247. The summed E-state index contributed by atoms with van der Waals surface area (Å²) in [6, 6.07) is 0.870. The summed E-state index contributed by atoms with van der Waals surface area (Å²) in [7, 11) is 0. The molecule has 6 heteroatoms. The average Bonchev–Trinajstić information content (AvgIpc) is 3.17. The van der Waals surface area contributed by atoms with E-state index in [1.807, 2.05) is 13.0 Å². The van der Waals surface area contributed by atoms with E-state index in [-0.39, 0.29) is 11.9 Å². The van der Waals surface area contributed by atoms with Crippen LogP contribution in [0.5, 0.6) is 0 Å². The third-order valence-electron chi connectivity index (χ3n) is 5.73. The summed E-state index contributed by atoms with van der Waals surface area (Å²) < 4.78 is 0. The Labute approximate surface area is 147 Å². The van der Waals surface area contributed by atoms with Crippen molar-refractivity contribution in [1.82, 2.24) is 9.88 Å². The highest BCUT2D eigenvalue weighted by atomic mass is 16.2. The van der Waals surface area contributed by atoms with Crippen LogP contribution in [-0.2, 0) is 11.2 Å². The largest absolute Gasteiger partial charge is 0.381 e. The molecule has 0 aromatic carbocycles. The lowest BCUT2D eigenvalue weighted by molar-refractivity contribution is -0.135. The van der Waals surface area contributed by atoms with Crippen LogP contribution in [0.1, 0.15) is 60.6 Å². The number of hydrogen-bond acceptors (Lipinski definition) is 4. The topological polar surface area (TPSA) is 88.3 Å². The van der Waals surface area contributed by atoms with Crippen molar-refractivity contribution >= 4 is 23.6 Å². The number of carbonyl (C=O) groups is 2. The van der Waals surface area contributed by atoms with Gasteiger partial charge in [-0.3, -0.25) is 14.6 Å². The lowest BCUT2D eigenvalue weighted by atomic mass is 9.95. The monoisotopic (exact) mass is 340 g/mol. The first-order valence-corrected chi connectivity index (χ1v) is 9.14. The highest BCUT2D eigenvalue weighted by Gasteiger charge is 2.42. The molecule has 0 saturated carbocycles. The van der Waals surface area contributed by atoms with Crippen LogP contribution < -0.4 is 11.1 Å². The second-order valence-electron chi connectivity index (χ2n) is 7.23. The lowest BCUT2D eigenvalue weighted by Gasteiger charge is -2.40. The summed E-state index contributed by atoms with van der Waals surface area (Å²) >= 11 is 0. The Morgan fingerprint density at radius 1 is 1.32 bits per heavy atom. The maximum Gasteiger partial charge on any atom is 0.252 e. The number of pyridine rings is 1. The molecule has 1 aliphatic carbocycles. The smallest absolute Gasteiger partial charge is 0.252 e. The fraction of sp³-hybridized carbons (Fsp3) is 0.526. The van der Waals surface area contributed by atoms with Crippen molar-refractivity contribution in [2.45, 2.75) is 63.6 Å². The van der Waals surface area contributed by atoms with Crippen molar-refractivity contribution in [2.75, 3.05) is 5.32 Å². The van der Waals surface area contributed by atoms with Crippen LogP contribution >= 0.6 is 0 Å². The molecule has 0 unspecified atom stereocenters. The fourth-order valence-corrected chi connectivity index (χ4v) is 4.63. The molecular formula is C19H24N4O2. The number of nitrogens with zero attached hydrogens (tertiary/aromatic N) is 2. The van der Waals surface area contributed by atoms with Crippen LogP contribution in [-0.4, -0.2) is 39.8 Å². The summed E-state index contributed by atoms with van der Waals surface area (Å²) in [6.07, 6.45) is 11.0. The first kappa shape index (κ1) is 16.1. The van der Waals surface area contributed by atoms with Crippen molar-refractivity contribution in [1.29, 1.82) is 0 Å². The Balaban J connectivity index is 1.59. The van der Waals surface area contributed by atoms with Gasteiger partial charge in [-0.05, 0) is 25.7 Å². The maximum atomic E-state index is 12.2.